The molecule has 0 aliphatic heterocycles. The summed E-state index contributed by atoms with van der Waals surface area (Å²) in [5.41, 5.74) is 0.704. The average molecular weight is 568 g/mol. The molecule has 4 nitrogen and oxygen atoms in total. The van der Waals surface area contributed by atoms with E-state index >= 15 is 0 Å². The van der Waals surface area contributed by atoms with Crippen LogP contribution in [0.2, 0.25) is 0 Å². The summed E-state index contributed by atoms with van der Waals surface area (Å²) in [4.78, 5) is 0. The monoisotopic (exact) mass is 568 g/mol. The van der Waals surface area contributed by atoms with Crippen molar-refractivity contribution in [2.45, 2.75) is 18.5 Å². The van der Waals surface area contributed by atoms with Gasteiger partial charge >= 0.3 is 18.5 Å². The van der Waals surface area contributed by atoms with Gasteiger partial charge in [0.15, 0.2) is 23.1 Å². The molecule has 0 spiro atoms. The highest BCUT2D eigenvalue weighted by atomic mass is 19.4. The van der Waals surface area contributed by atoms with Crippen LogP contribution in [-0.2, 0) is 18.5 Å². The molecular formula is C21H9F13N2O2. The van der Waals surface area contributed by atoms with Gasteiger partial charge in [-0.2, -0.15) is 39.5 Å². The highest BCUT2D eigenvalue weighted by Gasteiger charge is 2.41. The lowest BCUT2D eigenvalue weighted by Crippen LogP contribution is -2.13. The van der Waals surface area contributed by atoms with Crippen molar-refractivity contribution in [2.75, 3.05) is 11.5 Å². The maximum Gasteiger partial charge on any atom is 0.420 e. The molecule has 17 heteroatoms. The fraction of sp³-hybridized carbons (Fsp3) is 0.143. The number of nitrogens with two attached hydrogens (primary N) is 2. The van der Waals surface area contributed by atoms with Gasteiger partial charge in [0.2, 0.25) is 0 Å². The van der Waals surface area contributed by atoms with Crippen molar-refractivity contribution in [3.63, 3.8) is 0 Å². The highest BCUT2D eigenvalue weighted by Crippen LogP contribution is 2.47. The number of ether oxygens (including phenoxy) is 2. The number of benzene rings is 3. The Morgan fingerprint density at radius 3 is 1.32 bits per heavy atom. The van der Waals surface area contributed by atoms with Crippen molar-refractivity contribution in [3.05, 3.63) is 70.3 Å². The second-order valence-electron chi connectivity index (χ2n) is 7.28. The third kappa shape index (κ3) is 5.45. The molecular weight excluding hydrogens is 559 g/mol. The molecule has 0 aromatic heterocycles. The van der Waals surface area contributed by atoms with Gasteiger partial charge in [-0.25, -0.2) is 17.6 Å². The molecule has 0 saturated heterocycles. The van der Waals surface area contributed by atoms with Crippen LogP contribution >= 0.6 is 0 Å². The Morgan fingerprint density at radius 1 is 0.526 bits per heavy atom. The van der Waals surface area contributed by atoms with Gasteiger partial charge in [-0.3, -0.25) is 0 Å². The summed E-state index contributed by atoms with van der Waals surface area (Å²) >= 11 is 0. The predicted octanol–water partition coefficient (Wildman–Crippen LogP) is 8.05. The van der Waals surface area contributed by atoms with Gasteiger partial charge in [0, 0.05) is 6.07 Å². The van der Waals surface area contributed by atoms with E-state index in [-0.39, 0.29) is 24.3 Å². The molecule has 3 aromatic rings. The summed E-state index contributed by atoms with van der Waals surface area (Å²) in [6.07, 6.45) is -16.5. The van der Waals surface area contributed by atoms with Crippen molar-refractivity contribution in [2.24, 2.45) is 0 Å². The normalized spacial score (nSPS) is 12.6. The van der Waals surface area contributed by atoms with Gasteiger partial charge in [-0.1, -0.05) is 0 Å². The highest BCUT2D eigenvalue weighted by molar-refractivity contribution is 5.57. The standard InChI is InChI=1S/C21H9F13N2O2/c22-10-4-8(20(29,30)31)17(13(24)15(10)35)37-6-1-2-7(19(26,27)28)12(3-6)38-18-9(21(32,33)34)5-11(23)16(36)14(18)25/h1-5H,35-36H2. The number of alkyl halides is 9. The van der Waals surface area contributed by atoms with Crippen LogP contribution in [0.4, 0.5) is 68.5 Å². The van der Waals surface area contributed by atoms with Crippen molar-refractivity contribution < 1.29 is 66.5 Å². The second kappa shape index (κ2) is 9.36. The van der Waals surface area contributed by atoms with Gasteiger partial charge < -0.3 is 20.9 Å². The molecule has 0 bridgehead atoms. The molecule has 0 saturated carbocycles. The molecule has 3 aromatic carbocycles. The summed E-state index contributed by atoms with van der Waals surface area (Å²) in [7, 11) is 0. The molecule has 0 unspecified atom stereocenters. The first-order chi connectivity index (χ1) is 17.2. The van der Waals surface area contributed by atoms with E-state index in [0.717, 1.165) is 0 Å². The lowest BCUT2D eigenvalue weighted by atomic mass is 10.1. The first-order valence-corrected chi connectivity index (χ1v) is 9.49. The van der Waals surface area contributed by atoms with E-state index in [2.05, 4.69) is 9.47 Å². The molecule has 0 atom stereocenters. The quantitative estimate of drug-likeness (QED) is 0.247. The molecule has 0 heterocycles. The Kier molecular flexibility index (Phi) is 7.02. The SMILES string of the molecule is Nc1c(F)cc(C(F)(F)F)c(Oc2ccc(C(F)(F)F)c(Oc3c(C(F)(F)F)cc(F)c(N)c3F)c2)c1F. The van der Waals surface area contributed by atoms with Gasteiger partial charge in [0.05, 0.1) is 5.56 Å². The molecule has 206 valence electrons. The number of hydrogen-bond donors (Lipinski definition) is 2. The fourth-order valence-electron chi connectivity index (χ4n) is 2.96. The van der Waals surface area contributed by atoms with E-state index in [1.165, 1.54) is 0 Å². The fourth-order valence-corrected chi connectivity index (χ4v) is 2.96. The Morgan fingerprint density at radius 2 is 0.921 bits per heavy atom. The molecule has 4 N–H and O–H groups in total. The average Bonchev–Trinajstić information content (AvgIpc) is 2.77. The molecule has 38 heavy (non-hydrogen) atoms. The number of halogens is 13. The summed E-state index contributed by atoms with van der Waals surface area (Å²) in [6, 6.07) is -0.286. The van der Waals surface area contributed by atoms with Crippen LogP contribution in [0.1, 0.15) is 16.7 Å². The van der Waals surface area contributed by atoms with Crippen LogP contribution in [0.3, 0.4) is 0 Å². The Hall–Kier alpha value is -4.05. The third-order valence-electron chi connectivity index (χ3n) is 4.72. The molecule has 0 fully saturated rings. The number of rotatable bonds is 4. The zero-order valence-electron chi connectivity index (χ0n) is 17.8. The van der Waals surface area contributed by atoms with Crippen molar-refractivity contribution in [1.82, 2.24) is 0 Å². The van der Waals surface area contributed by atoms with E-state index in [1.54, 1.807) is 0 Å². The van der Waals surface area contributed by atoms with E-state index in [4.69, 9.17) is 11.5 Å². The van der Waals surface area contributed by atoms with Crippen molar-refractivity contribution in [3.8, 4) is 23.0 Å². The molecule has 0 radical (unpaired) electrons. The summed E-state index contributed by atoms with van der Waals surface area (Å²) < 4.78 is 185. The van der Waals surface area contributed by atoms with Crippen LogP contribution < -0.4 is 20.9 Å². The summed E-state index contributed by atoms with van der Waals surface area (Å²) in [6.45, 7) is 0. The summed E-state index contributed by atoms with van der Waals surface area (Å²) in [5.74, 6) is -14.8. The lowest BCUT2D eigenvalue weighted by Gasteiger charge is -2.20. The van der Waals surface area contributed by atoms with Crippen molar-refractivity contribution >= 4 is 11.4 Å². The first kappa shape index (κ1) is 28.5. The summed E-state index contributed by atoms with van der Waals surface area (Å²) in [5, 5.41) is 0. The van der Waals surface area contributed by atoms with E-state index in [0.29, 0.717) is 6.07 Å². The number of hydrogen-bond acceptors (Lipinski definition) is 4. The smallest absolute Gasteiger partial charge is 0.420 e. The minimum Gasteiger partial charge on any atom is -0.453 e. The minimum absolute atomic E-state index is 0.0285. The van der Waals surface area contributed by atoms with E-state index < -0.39 is 92.9 Å². The van der Waals surface area contributed by atoms with Gasteiger partial charge in [-0.15, -0.1) is 0 Å². The molecule has 3 rings (SSSR count). The molecule has 0 amide bonds. The Bertz CT molecular complexity index is 1400. The van der Waals surface area contributed by atoms with Crippen molar-refractivity contribution in [1.29, 1.82) is 0 Å². The first-order valence-electron chi connectivity index (χ1n) is 9.49. The topological polar surface area (TPSA) is 70.5 Å². The van der Waals surface area contributed by atoms with Crippen LogP contribution in [-0.4, -0.2) is 0 Å². The largest absolute Gasteiger partial charge is 0.453 e. The molecule has 0 aliphatic rings. The Balaban J connectivity index is 2.23. The maximum atomic E-state index is 14.4. The van der Waals surface area contributed by atoms with Crippen LogP contribution in [0.15, 0.2) is 30.3 Å². The second-order valence-corrected chi connectivity index (χ2v) is 7.28. The zero-order chi connectivity index (χ0) is 29.0. The van der Waals surface area contributed by atoms with Gasteiger partial charge in [0.25, 0.3) is 0 Å². The zero-order valence-corrected chi connectivity index (χ0v) is 17.8. The number of anilines is 2. The Labute approximate surface area is 202 Å². The maximum absolute atomic E-state index is 14.4. The predicted molar refractivity (Wildman–Crippen MR) is 103 cm³/mol. The van der Waals surface area contributed by atoms with E-state index in [9.17, 15) is 57.1 Å². The van der Waals surface area contributed by atoms with Crippen LogP contribution in [0.5, 0.6) is 23.0 Å². The molecule has 0 aliphatic carbocycles. The van der Waals surface area contributed by atoms with E-state index in [1.807, 2.05) is 0 Å². The van der Waals surface area contributed by atoms with Crippen LogP contribution in [0, 0.1) is 23.3 Å². The lowest BCUT2D eigenvalue weighted by molar-refractivity contribution is -0.140. The van der Waals surface area contributed by atoms with Gasteiger partial charge in [0.1, 0.15) is 45.6 Å². The third-order valence-corrected chi connectivity index (χ3v) is 4.72. The minimum atomic E-state index is -5.59. The number of nitrogen functional groups attached to an aromatic ring is 2. The van der Waals surface area contributed by atoms with Crippen LogP contribution in [0.25, 0.3) is 0 Å². The van der Waals surface area contributed by atoms with Gasteiger partial charge in [-0.05, 0) is 24.3 Å².